The van der Waals surface area contributed by atoms with Gasteiger partial charge in [0.2, 0.25) is 0 Å². The third-order valence-electron chi connectivity index (χ3n) is 2.42. The molecule has 0 atom stereocenters. The molecule has 0 spiro atoms. The third-order valence-corrected chi connectivity index (χ3v) is 2.68. The number of hydrogen-bond acceptors (Lipinski definition) is 2. The predicted molar refractivity (Wildman–Crippen MR) is 62.9 cm³/mol. The number of rotatable bonds is 3. The number of imidazole rings is 1. The van der Waals surface area contributed by atoms with E-state index in [4.69, 9.17) is 16.7 Å². The highest BCUT2D eigenvalue weighted by atomic mass is 35.5. The number of nitrogens with zero attached hydrogens (tertiary/aromatic N) is 2. The van der Waals surface area contributed by atoms with Gasteiger partial charge in [-0.2, -0.15) is 0 Å². The molecule has 1 rings (SSSR count). The second-order valence-corrected chi connectivity index (χ2v) is 5.23. The molecule has 1 heterocycles. The number of halogens is 1. The van der Waals surface area contributed by atoms with E-state index in [0.717, 1.165) is 11.5 Å². The van der Waals surface area contributed by atoms with Crippen molar-refractivity contribution in [3.8, 4) is 0 Å². The summed E-state index contributed by atoms with van der Waals surface area (Å²) in [5, 5.41) is 9.10. The summed E-state index contributed by atoms with van der Waals surface area (Å²) in [6, 6.07) is 0. The average molecular weight is 245 g/mol. The van der Waals surface area contributed by atoms with Crippen molar-refractivity contribution in [2.45, 2.75) is 39.0 Å². The summed E-state index contributed by atoms with van der Waals surface area (Å²) in [6.45, 7) is 6.16. The minimum atomic E-state index is -0.823. The summed E-state index contributed by atoms with van der Waals surface area (Å²) in [5.41, 5.74) is 0.842. The third kappa shape index (κ3) is 2.76. The van der Waals surface area contributed by atoms with E-state index in [2.05, 4.69) is 25.8 Å². The fourth-order valence-corrected chi connectivity index (χ4v) is 2.27. The minimum Gasteiger partial charge on any atom is -0.481 e. The van der Waals surface area contributed by atoms with Crippen molar-refractivity contribution in [1.29, 1.82) is 0 Å². The number of hydrogen-bond donors (Lipinski definition) is 1. The van der Waals surface area contributed by atoms with Crippen LogP contribution in [0.5, 0.6) is 0 Å². The molecule has 0 saturated carbocycles. The number of aromatic nitrogens is 2. The normalized spacial score (nSPS) is 11.8. The van der Waals surface area contributed by atoms with Crippen molar-refractivity contribution >= 4 is 17.6 Å². The van der Waals surface area contributed by atoms with Gasteiger partial charge in [-0.25, -0.2) is 4.98 Å². The molecule has 0 saturated heterocycles. The lowest BCUT2D eigenvalue weighted by atomic mass is 9.92. The first kappa shape index (κ1) is 13.0. The quantitative estimate of drug-likeness (QED) is 0.888. The zero-order valence-electron chi connectivity index (χ0n) is 10.0. The first-order chi connectivity index (χ1) is 7.23. The van der Waals surface area contributed by atoms with Gasteiger partial charge in [0, 0.05) is 18.9 Å². The maximum atomic E-state index is 10.5. The second-order valence-electron chi connectivity index (χ2n) is 4.87. The van der Waals surface area contributed by atoms with E-state index < -0.39 is 5.97 Å². The highest BCUT2D eigenvalue weighted by Gasteiger charge is 2.24. The van der Waals surface area contributed by atoms with Crippen molar-refractivity contribution in [2.75, 3.05) is 0 Å². The molecule has 5 heteroatoms. The Morgan fingerprint density at radius 3 is 2.44 bits per heavy atom. The Morgan fingerprint density at radius 1 is 1.50 bits per heavy atom. The van der Waals surface area contributed by atoms with Crippen LogP contribution < -0.4 is 0 Å². The highest BCUT2D eigenvalue weighted by Crippen LogP contribution is 2.29. The Morgan fingerprint density at radius 2 is 2.06 bits per heavy atom. The van der Waals surface area contributed by atoms with Gasteiger partial charge in [0.25, 0.3) is 0 Å². The summed E-state index contributed by atoms with van der Waals surface area (Å²) in [6.07, 6.45) is 0.479. The van der Waals surface area contributed by atoms with Gasteiger partial charge < -0.3 is 9.67 Å². The summed E-state index contributed by atoms with van der Waals surface area (Å²) in [7, 11) is 1.87. The van der Waals surface area contributed by atoms with Crippen molar-refractivity contribution < 1.29 is 9.90 Å². The number of aliphatic carboxylic acids is 1. The zero-order valence-corrected chi connectivity index (χ0v) is 10.8. The van der Waals surface area contributed by atoms with E-state index in [9.17, 15) is 4.79 Å². The smallest absolute Gasteiger partial charge is 0.303 e. The van der Waals surface area contributed by atoms with E-state index in [-0.39, 0.29) is 11.8 Å². The van der Waals surface area contributed by atoms with Crippen LogP contribution in [-0.4, -0.2) is 20.6 Å². The molecule has 0 radical (unpaired) electrons. The molecular formula is C11H17ClN2O2. The molecule has 0 unspecified atom stereocenters. The molecule has 16 heavy (non-hydrogen) atoms. The van der Waals surface area contributed by atoms with Crippen LogP contribution in [0.15, 0.2) is 0 Å². The molecule has 0 fully saturated rings. The number of carboxylic acids is 1. The first-order valence-electron chi connectivity index (χ1n) is 5.17. The lowest BCUT2D eigenvalue weighted by molar-refractivity contribution is -0.137. The molecule has 0 bridgehead atoms. The lowest BCUT2D eigenvalue weighted by Gasteiger charge is -2.20. The van der Waals surface area contributed by atoms with Gasteiger partial charge in [0.15, 0.2) is 5.15 Å². The standard InChI is InChI=1S/C11H17ClN2O2/c1-11(2,3)9-10(12)13-7(14(9)4)5-6-8(15)16/h5-6H2,1-4H3,(H,15,16). The number of carboxylic acid groups (broad SMARTS) is 1. The van der Waals surface area contributed by atoms with Crippen LogP contribution in [0.2, 0.25) is 5.15 Å². The molecule has 0 aliphatic heterocycles. The maximum Gasteiger partial charge on any atom is 0.303 e. The molecule has 1 aromatic heterocycles. The van der Waals surface area contributed by atoms with Crippen LogP contribution in [0.25, 0.3) is 0 Å². The van der Waals surface area contributed by atoms with E-state index in [1.165, 1.54) is 0 Å². The van der Waals surface area contributed by atoms with Crippen molar-refractivity contribution in [3.63, 3.8) is 0 Å². The highest BCUT2D eigenvalue weighted by molar-refractivity contribution is 6.30. The van der Waals surface area contributed by atoms with E-state index >= 15 is 0 Å². The van der Waals surface area contributed by atoms with Crippen LogP contribution in [0.3, 0.4) is 0 Å². The SMILES string of the molecule is Cn1c(CCC(=O)O)nc(Cl)c1C(C)(C)C. The van der Waals surface area contributed by atoms with Gasteiger partial charge in [-0.1, -0.05) is 32.4 Å². The molecule has 0 aromatic carbocycles. The molecule has 1 aromatic rings. The van der Waals surface area contributed by atoms with Crippen LogP contribution in [0.4, 0.5) is 0 Å². The first-order valence-corrected chi connectivity index (χ1v) is 5.54. The summed E-state index contributed by atoms with van der Waals surface area (Å²) in [4.78, 5) is 14.7. The van der Waals surface area contributed by atoms with Gasteiger partial charge in [0.05, 0.1) is 12.1 Å². The Bertz CT molecular complexity index is 405. The topological polar surface area (TPSA) is 55.1 Å². The lowest BCUT2D eigenvalue weighted by Crippen LogP contribution is -2.17. The van der Waals surface area contributed by atoms with Crippen molar-refractivity contribution in [3.05, 3.63) is 16.7 Å². The monoisotopic (exact) mass is 244 g/mol. The maximum absolute atomic E-state index is 10.5. The van der Waals surface area contributed by atoms with Gasteiger partial charge in [-0.3, -0.25) is 4.79 Å². The fraction of sp³-hybridized carbons (Fsp3) is 0.636. The van der Waals surface area contributed by atoms with Gasteiger partial charge in [0.1, 0.15) is 5.82 Å². The Kier molecular flexibility index (Phi) is 3.63. The predicted octanol–water partition coefficient (Wildman–Crippen LogP) is 2.39. The van der Waals surface area contributed by atoms with Gasteiger partial charge >= 0.3 is 5.97 Å². The average Bonchev–Trinajstić information content (AvgIpc) is 2.36. The van der Waals surface area contributed by atoms with E-state index in [1.54, 1.807) is 0 Å². The summed E-state index contributed by atoms with van der Waals surface area (Å²) in [5.74, 6) is -0.103. The largest absolute Gasteiger partial charge is 0.481 e. The van der Waals surface area contributed by atoms with Gasteiger partial charge in [-0.15, -0.1) is 0 Å². The number of carbonyl (C=O) groups is 1. The molecule has 90 valence electrons. The zero-order chi connectivity index (χ0) is 12.5. The molecule has 0 aliphatic rings. The molecule has 0 aliphatic carbocycles. The van der Waals surface area contributed by atoms with Crippen LogP contribution in [0, 0.1) is 0 Å². The van der Waals surface area contributed by atoms with Crippen LogP contribution in [-0.2, 0) is 23.7 Å². The Balaban J connectivity index is 3.02. The minimum absolute atomic E-state index is 0.0742. The van der Waals surface area contributed by atoms with E-state index in [0.29, 0.717) is 11.6 Å². The molecule has 1 N–H and O–H groups in total. The van der Waals surface area contributed by atoms with Crippen LogP contribution >= 0.6 is 11.6 Å². The summed E-state index contributed by atoms with van der Waals surface area (Å²) < 4.78 is 1.89. The van der Waals surface area contributed by atoms with Gasteiger partial charge in [-0.05, 0) is 0 Å². The van der Waals surface area contributed by atoms with E-state index in [1.807, 2.05) is 11.6 Å². The van der Waals surface area contributed by atoms with Crippen molar-refractivity contribution in [2.24, 2.45) is 7.05 Å². The van der Waals surface area contributed by atoms with Crippen LogP contribution in [0.1, 0.15) is 38.7 Å². The second kappa shape index (κ2) is 4.45. The summed E-state index contributed by atoms with van der Waals surface area (Å²) >= 11 is 6.07. The molecule has 4 nitrogen and oxygen atoms in total. The van der Waals surface area contributed by atoms with Crippen molar-refractivity contribution in [1.82, 2.24) is 9.55 Å². The number of aryl methyl sites for hydroxylation is 1. The molecule has 0 amide bonds. The fourth-order valence-electron chi connectivity index (χ4n) is 1.76. The Labute approximate surface area is 100 Å². The Hall–Kier alpha value is -1.03. The molecular weight excluding hydrogens is 228 g/mol.